The van der Waals surface area contributed by atoms with Crippen LogP contribution in [0, 0.1) is 0 Å². The second kappa shape index (κ2) is 5.29. The van der Waals surface area contributed by atoms with Crippen molar-refractivity contribution in [3.05, 3.63) is 72.0 Å². The first-order chi connectivity index (χ1) is 9.33. The highest BCUT2D eigenvalue weighted by Crippen LogP contribution is 2.19. The average molecular weight is 251 g/mol. The molecule has 0 aliphatic rings. The Bertz CT molecular complexity index is 624. The summed E-state index contributed by atoms with van der Waals surface area (Å²) in [6.07, 6.45) is 0. The normalized spacial score (nSPS) is 12.7. The van der Waals surface area contributed by atoms with Crippen molar-refractivity contribution in [3.63, 3.8) is 0 Å². The molecule has 0 amide bonds. The molecule has 2 nitrogen and oxygen atoms in total. The molecule has 2 heteroatoms. The van der Waals surface area contributed by atoms with Gasteiger partial charge in [-0.1, -0.05) is 48.5 Å². The maximum Gasteiger partial charge on any atom is 0.134 e. The Morgan fingerprint density at radius 2 is 1.74 bits per heavy atom. The molecule has 0 fully saturated rings. The number of hydrogen-bond acceptors (Lipinski definition) is 2. The van der Waals surface area contributed by atoms with E-state index >= 15 is 0 Å². The summed E-state index contributed by atoms with van der Waals surface area (Å²) < 4.78 is 5.79. The number of rotatable bonds is 4. The summed E-state index contributed by atoms with van der Waals surface area (Å²) in [5, 5.41) is 4.64. The van der Waals surface area contributed by atoms with Crippen molar-refractivity contribution < 1.29 is 4.42 Å². The molecule has 1 atom stereocenters. The van der Waals surface area contributed by atoms with Crippen LogP contribution in [0.1, 0.15) is 24.3 Å². The highest BCUT2D eigenvalue weighted by Gasteiger charge is 2.06. The van der Waals surface area contributed by atoms with Crippen LogP contribution in [0.25, 0.3) is 11.0 Å². The third kappa shape index (κ3) is 2.69. The van der Waals surface area contributed by atoms with Crippen LogP contribution in [0.2, 0.25) is 0 Å². The first-order valence-electron chi connectivity index (χ1n) is 6.59. The van der Waals surface area contributed by atoms with Gasteiger partial charge >= 0.3 is 0 Å². The van der Waals surface area contributed by atoms with Crippen LogP contribution in [0.4, 0.5) is 0 Å². The van der Waals surface area contributed by atoms with Crippen molar-refractivity contribution in [2.45, 2.75) is 19.5 Å². The summed E-state index contributed by atoms with van der Waals surface area (Å²) in [7, 11) is 0. The quantitative estimate of drug-likeness (QED) is 0.748. The predicted octanol–water partition coefficient (Wildman–Crippen LogP) is 4.28. The molecule has 3 rings (SSSR count). The molecule has 19 heavy (non-hydrogen) atoms. The molecule has 1 aromatic heterocycles. The van der Waals surface area contributed by atoms with E-state index in [1.54, 1.807) is 0 Å². The molecular weight excluding hydrogens is 234 g/mol. The average Bonchev–Trinajstić information content (AvgIpc) is 2.88. The van der Waals surface area contributed by atoms with Crippen molar-refractivity contribution in [2.75, 3.05) is 0 Å². The number of benzene rings is 2. The van der Waals surface area contributed by atoms with Crippen LogP contribution in [0.3, 0.4) is 0 Å². The molecule has 0 radical (unpaired) electrons. The van der Waals surface area contributed by atoms with E-state index in [0.29, 0.717) is 6.04 Å². The van der Waals surface area contributed by atoms with Crippen LogP contribution in [-0.4, -0.2) is 0 Å². The Balaban J connectivity index is 1.69. The molecule has 2 aromatic carbocycles. The zero-order chi connectivity index (χ0) is 13.1. The number of fused-ring (bicyclic) bond motifs is 1. The first kappa shape index (κ1) is 12.0. The van der Waals surface area contributed by atoms with Crippen LogP contribution in [0.5, 0.6) is 0 Å². The summed E-state index contributed by atoms with van der Waals surface area (Å²) in [6, 6.07) is 20.9. The minimum atomic E-state index is 0.314. The maximum atomic E-state index is 5.79. The maximum absolute atomic E-state index is 5.79. The van der Waals surface area contributed by atoms with Crippen LogP contribution in [0.15, 0.2) is 65.1 Å². The Hall–Kier alpha value is -2.06. The fraction of sp³-hybridized carbons (Fsp3) is 0.176. The minimum absolute atomic E-state index is 0.314. The van der Waals surface area contributed by atoms with Gasteiger partial charge in [-0.3, -0.25) is 0 Å². The molecule has 3 aromatic rings. The molecule has 0 saturated heterocycles. The monoisotopic (exact) mass is 251 g/mol. The fourth-order valence-electron chi connectivity index (χ4n) is 2.24. The smallest absolute Gasteiger partial charge is 0.134 e. The van der Waals surface area contributed by atoms with E-state index in [-0.39, 0.29) is 0 Å². The Morgan fingerprint density at radius 1 is 1.00 bits per heavy atom. The number of nitrogens with one attached hydrogen (secondary N) is 1. The lowest BCUT2D eigenvalue weighted by Crippen LogP contribution is -2.17. The van der Waals surface area contributed by atoms with E-state index in [4.69, 9.17) is 4.42 Å². The van der Waals surface area contributed by atoms with Gasteiger partial charge in [0.15, 0.2) is 0 Å². The van der Waals surface area contributed by atoms with Crippen molar-refractivity contribution in [1.82, 2.24) is 5.32 Å². The zero-order valence-electron chi connectivity index (χ0n) is 11.0. The van der Waals surface area contributed by atoms with Crippen LogP contribution < -0.4 is 5.32 Å². The molecule has 1 N–H and O–H groups in total. The standard InChI is InChI=1S/C17H17NO/c1-13(14-7-3-2-4-8-14)18-12-16-11-15-9-5-6-10-17(15)19-16/h2-11,13,18H,12H2,1H3. The molecule has 1 heterocycles. The van der Waals surface area contributed by atoms with Crippen LogP contribution in [-0.2, 0) is 6.54 Å². The van der Waals surface area contributed by atoms with E-state index < -0.39 is 0 Å². The van der Waals surface area contributed by atoms with E-state index in [9.17, 15) is 0 Å². The summed E-state index contributed by atoms with van der Waals surface area (Å²) in [5.74, 6) is 0.976. The number of hydrogen-bond donors (Lipinski definition) is 1. The Morgan fingerprint density at radius 3 is 2.53 bits per heavy atom. The topological polar surface area (TPSA) is 25.2 Å². The lowest BCUT2D eigenvalue weighted by atomic mass is 10.1. The number of para-hydroxylation sites is 1. The highest BCUT2D eigenvalue weighted by molar-refractivity contribution is 5.77. The molecule has 96 valence electrons. The van der Waals surface area contributed by atoms with E-state index in [1.165, 1.54) is 5.56 Å². The van der Waals surface area contributed by atoms with Crippen molar-refractivity contribution >= 4 is 11.0 Å². The molecule has 0 saturated carbocycles. The summed E-state index contributed by atoms with van der Waals surface area (Å²) >= 11 is 0. The highest BCUT2D eigenvalue weighted by atomic mass is 16.3. The van der Waals surface area contributed by atoms with Gasteiger partial charge in [0.25, 0.3) is 0 Å². The molecule has 0 aliphatic heterocycles. The predicted molar refractivity (Wildman–Crippen MR) is 77.9 cm³/mol. The lowest BCUT2D eigenvalue weighted by molar-refractivity contribution is 0.482. The first-order valence-corrected chi connectivity index (χ1v) is 6.59. The van der Waals surface area contributed by atoms with Gasteiger partial charge in [0, 0.05) is 11.4 Å². The third-order valence-corrected chi connectivity index (χ3v) is 3.36. The van der Waals surface area contributed by atoms with E-state index in [0.717, 1.165) is 23.3 Å². The van der Waals surface area contributed by atoms with Gasteiger partial charge in [-0.25, -0.2) is 0 Å². The van der Waals surface area contributed by atoms with Gasteiger partial charge in [-0.15, -0.1) is 0 Å². The van der Waals surface area contributed by atoms with Crippen molar-refractivity contribution in [2.24, 2.45) is 0 Å². The molecule has 1 unspecified atom stereocenters. The van der Waals surface area contributed by atoms with Gasteiger partial charge in [-0.2, -0.15) is 0 Å². The van der Waals surface area contributed by atoms with Gasteiger partial charge in [0.05, 0.1) is 6.54 Å². The fourth-order valence-corrected chi connectivity index (χ4v) is 2.24. The van der Waals surface area contributed by atoms with Crippen LogP contribution >= 0.6 is 0 Å². The van der Waals surface area contributed by atoms with E-state index in [2.05, 4.69) is 48.6 Å². The minimum Gasteiger partial charge on any atom is -0.460 e. The van der Waals surface area contributed by atoms with Gasteiger partial charge in [0.2, 0.25) is 0 Å². The molecule has 0 spiro atoms. The van der Waals surface area contributed by atoms with Crippen molar-refractivity contribution in [3.8, 4) is 0 Å². The largest absolute Gasteiger partial charge is 0.460 e. The molecular formula is C17H17NO. The second-order valence-electron chi connectivity index (χ2n) is 4.76. The summed E-state index contributed by atoms with van der Waals surface area (Å²) in [4.78, 5) is 0. The summed E-state index contributed by atoms with van der Waals surface area (Å²) in [5.41, 5.74) is 2.24. The van der Waals surface area contributed by atoms with Gasteiger partial charge in [0.1, 0.15) is 11.3 Å². The second-order valence-corrected chi connectivity index (χ2v) is 4.76. The van der Waals surface area contributed by atoms with E-state index in [1.807, 2.05) is 24.3 Å². The lowest BCUT2D eigenvalue weighted by Gasteiger charge is -2.12. The van der Waals surface area contributed by atoms with Gasteiger partial charge < -0.3 is 9.73 Å². The Labute approximate surface area is 113 Å². The van der Waals surface area contributed by atoms with Crippen molar-refractivity contribution in [1.29, 1.82) is 0 Å². The third-order valence-electron chi connectivity index (χ3n) is 3.36. The SMILES string of the molecule is CC(NCc1cc2ccccc2o1)c1ccccc1. The summed E-state index contributed by atoms with van der Waals surface area (Å²) in [6.45, 7) is 2.91. The zero-order valence-corrected chi connectivity index (χ0v) is 11.0. The number of furan rings is 1. The Kier molecular flexibility index (Phi) is 3.34. The molecule has 0 aliphatic carbocycles. The molecule has 0 bridgehead atoms. The van der Waals surface area contributed by atoms with Gasteiger partial charge in [-0.05, 0) is 24.6 Å².